The Labute approximate surface area is 142 Å². The van der Waals surface area contributed by atoms with Gasteiger partial charge in [0.05, 0.1) is 30.9 Å². The fraction of sp³-hybridized carbons (Fsp3) is 0.667. The summed E-state index contributed by atoms with van der Waals surface area (Å²) in [7, 11) is 0. The van der Waals surface area contributed by atoms with Gasteiger partial charge in [0.2, 0.25) is 0 Å². The molecular weight excluding hydrogens is 308 g/mol. The number of ether oxygens (including phenoxy) is 2. The first-order valence-electron chi connectivity index (χ1n) is 8.42. The number of carbonyl (C=O) groups excluding carboxylic acids is 1. The number of aromatic nitrogens is 1. The average Bonchev–Trinajstić information content (AvgIpc) is 2.44. The number of amides is 1. The smallest absolute Gasteiger partial charge is 0.410 e. The minimum Gasteiger partial charge on any atom is -0.444 e. The van der Waals surface area contributed by atoms with Gasteiger partial charge in [0.25, 0.3) is 0 Å². The third kappa shape index (κ3) is 3.39. The number of piperidine rings is 1. The lowest BCUT2D eigenvalue weighted by Gasteiger charge is -2.51. The minimum absolute atomic E-state index is 0.196. The van der Waals surface area contributed by atoms with Crippen LogP contribution >= 0.6 is 0 Å². The number of carbonyl (C=O) groups is 1. The molecule has 0 aliphatic carbocycles. The topological polar surface area (TPSA) is 71.9 Å². The summed E-state index contributed by atoms with van der Waals surface area (Å²) in [6, 6.07) is 3.43. The molecule has 2 saturated heterocycles. The number of aryl methyl sites for hydroxylation is 1. The molecule has 6 heteroatoms. The normalized spacial score (nSPS) is 30.1. The second-order valence-electron chi connectivity index (χ2n) is 7.86. The summed E-state index contributed by atoms with van der Waals surface area (Å²) in [6.07, 6.45) is 2.25. The van der Waals surface area contributed by atoms with Crippen LogP contribution in [-0.4, -0.2) is 52.0 Å². The molecule has 2 atom stereocenters. The van der Waals surface area contributed by atoms with Crippen LogP contribution in [0.5, 0.6) is 0 Å². The van der Waals surface area contributed by atoms with E-state index in [-0.39, 0.29) is 18.2 Å². The highest BCUT2D eigenvalue weighted by Gasteiger charge is 2.49. The van der Waals surface area contributed by atoms with Crippen molar-refractivity contribution in [3.8, 4) is 0 Å². The van der Waals surface area contributed by atoms with Gasteiger partial charge >= 0.3 is 6.09 Å². The molecule has 2 bridgehead atoms. The zero-order chi connectivity index (χ0) is 17.5. The summed E-state index contributed by atoms with van der Waals surface area (Å²) < 4.78 is 11.2. The Balaban J connectivity index is 1.82. The monoisotopic (exact) mass is 334 g/mol. The van der Waals surface area contributed by atoms with Crippen LogP contribution < -0.4 is 0 Å². The minimum atomic E-state index is -0.988. The van der Waals surface area contributed by atoms with Crippen molar-refractivity contribution in [3.05, 3.63) is 29.6 Å². The molecule has 3 heterocycles. The molecule has 2 unspecified atom stereocenters. The molecule has 1 N–H and O–H groups in total. The second kappa shape index (κ2) is 6.01. The highest BCUT2D eigenvalue weighted by Crippen LogP contribution is 2.41. The standard InChI is InChI=1S/C18H26N2O4/c1-12-5-6-13(9-19-12)18(22)7-14-10-23-11-15(8-18)20(14)16(21)24-17(2,3)4/h5-6,9,14-15,22H,7-8,10-11H2,1-4H3. The summed E-state index contributed by atoms with van der Waals surface area (Å²) in [5, 5.41) is 11.2. The number of rotatable bonds is 1. The van der Waals surface area contributed by atoms with Gasteiger partial charge in [0, 0.05) is 30.3 Å². The highest BCUT2D eigenvalue weighted by molar-refractivity contribution is 5.69. The number of hydrogen-bond donors (Lipinski definition) is 1. The van der Waals surface area contributed by atoms with Gasteiger partial charge < -0.3 is 14.6 Å². The molecule has 0 spiro atoms. The molecule has 6 nitrogen and oxygen atoms in total. The fourth-order valence-corrected chi connectivity index (χ4v) is 3.57. The van der Waals surface area contributed by atoms with Gasteiger partial charge in [-0.3, -0.25) is 9.88 Å². The molecule has 0 aromatic carbocycles. The Hall–Kier alpha value is -1.66. The highest BCUT2D eigenvalue weighted by atomic mass is 16.6. The molecule has 1 amide bonds. The average molecular weight is 334 g/mol. The SMILES string of the molecule is Cc1ccc(C2(O)CC3COCC(C2)N3C(=O)OC(C)(C)C)cn1. The molecule has 132 valence electrons. The van der Waals surface area contributed by atoms with Crippen molar-refractivity contribution in [1.29, 1.82) is 0 Å². The van der Waals surface area contributed by atoms with Gasteiger partial charge in [0.15, 0.2) is 0 Å². The van der Waals surface area contributed by atoms with Crippen molar-refractivity contribution >= 4 is 6.09 Å². The van der Waals surface area contributed by atoms with Gasteiger partial charge in [-0.15, -0.1) is 0 Å². The van der Waals surface area contributed by atoms with Crippen LogP contribution in [0.2, 0.25) is 0 Å². The maximum Gasteiger partial charge on any atom is 0.410 e. The zero-order valence-corrected chi connectivity index (χ0v) is 14.8. The molecule has 2 aliphatic rings. The first-order valence-corrected chi connectivity index (χ1v) is 8.42. The van der Waals surface area contributed by atoms with Crippen molar-refractivity contribution < 1.29 is 19.4 Å². The first kappa shape index (κ1) is 17.2. The Morgan fingerprint density at radius 2 is 1.96 bits per heavy atom. The molecule has 3 rings (SSSR count). The quantitative estimate of drug-likeness (QED) is 0.854. The van der Waals surface area contributed by atoms with Crippen LogP contribution in [0.3, 0.4) is 0 Å². The molecule has 2 aliphatic heterocycles. The molecular formula is C18H26N2O4. The molecule has 2 fully saturated rings. The number of nitrogens with zero attached hydrogens (tertiary/aromatic N) is 2. The van der Waals surface area contributed by atoms with Gasteiger partial charge in [-0.05, 0) is 33.8 Å². The van der Waals surface area contributed by atoms with Gasteiger partial charge in [0.1, 0.15) is 5.60 Å². The number of morpholine rings is 1. The summed E-state index contributed by atoms with van der Waals surface area (Å²) in [5.74, 6) is 0. The van der Waals surface area contributed by atoms with Crippen LogP contribution in [0.4, 0.5) is 4.79 Å². The van der Waals surface area contributed by atoms with Crippen molar-refractivity contribution in [3.63, 3.8) is 0 Å². The molecule has 1 aromatic heterocycles. The summed E-state index contributed by atoms with van der Waals surface area (Å²) in [5.41, 5.74) is 0.185. The third-order valence-electron chi connectivity index (χ3n) is 4.61. The maximum atomic E-state index is 12.6. The van der Waals surface area contributed by atoms with Gasteiger partial charge in [-0.1, -0.05) is 6.07 Å². The largest absolute Gasteiger partial charge is 0.444 e. The van der Waals surface area contributed by atoms with E-state index in [0.29, 0.717) is 26.1 Å². The predicted molar refractivity (Wildman–Crippen MR) is 88.6 cm³/mol. The summed E-state index contributed by atoms with van der Waals surface area (Å²) in [4.78, 5) is 18.6. The number of aliphatic hydroxyl groups is 1. The van der Waals surface area contributed by atoms with Crippen molar-refractivity contribution in [2.45, 2.75) is 63.8 Å². The van der Waals surface area contributed by atoms with E-state index >= 15 is 0 Å². The van der Waals surface area contributed by atoms with Crippen LogP contribution in [0, 0.1) is 6.92 Å². The van der Waals surface area contributed by atoms with Gasteiger partial charge in [-0.2, -0.15) is 0 Å². The van der Waals surface area contributed by atoms with E-state index in [1.54, 1.807) is 11.1 Å². The third-order valence-corrected chi connectivity index (χ3v) is 4.61. The first-order chi connectivity index (χ1) is 11.2. The molecule has 0 saturated carbocycles. The van der Waals surface area contributed by atoms with Crippen molar-refractivity contribution in [2.75, 3.05) is 13.2 Å². The predicted octanol–water partition coefficient (Wildman–Crippen LogP) is 2.38. The van der Waals surface area contributed by atoms with Crippen LogP contribution in [0.1, 0.15) is 44.9 Å². The van der Waals surface area contributed by atoms with Crippen LogP contribution in [0.25, 0.3) is 0 Å². The van der Waals surface area contributed by atoms with E-state index in [1.165, 1.54) is 0 Å². The van der Waals surface area contributed by atoms with Crippen LogP contribution in [0.15, 0.2) is 18.3 Å². The van der Waals surface area contributed by atoms with E-state index in [2.05, 4.69) is 4.98 Å². The van der Waals surface area contributed by atoms with E-state index in [1.807, 2.05) is 39.8 Å². The van der Waals surface area contributed by atoms with E-state index in [0.717, 1.165) is 11.3 Å². The van der Waals surface area contributed by atoms with E-state index < -0.39 is 11.2 Å². The van der Waals surface area contributed by atoms with Crippen LogP contribution in [-0.2, 0) is 15.1 Å². The Morgan fingerprint density at radius 1 is 1.33 bits per heavy atom. The second-order valence-corrected chi connectivity index (χ2v) is 7.86. The Kier molecular flexibility index (Phi) is 4.30. The van der Waals surface area contributed by atoms with Crippen molar-refractivity contribution in [1.82, 2.24) is 9.88 Å². The van der Waals surface area contributed by atoms with E-state index in [4.69, 9.17) is 9.47 Å². The fourth-order valence-electron chi connectivity index (χ4n) is 3.57. The zero-order valence-electron chi connectivity index (χ0n) is 14.8. The van der Waals surface area contributed by atoms with E-state index in [9.17, 15) is 9.90 Å². The van der Waals surface area contributed by atoms with Gasteiger partial charge in [-0.25, -0.2) is 4.79 Å². The number of fused-ring (bicyclic) bond motifs is 2. The lowest BCUT2D eigenvalue weighted by molar-refractivity contribution is -0.141. The Bertz CT molecular complexity index is 594. The molecule has 0 radical (unpaired) electrons. The number of hydrogen-bond acceptors (Lipinski definition) is 5. The maximum absolute atomic E-state index is 12.6. The molecule has 1 aromatic rings. The molecule has 24 heavy (non-hydrogen) atoms. The lowest BCUT2D eigenvalue weighted by Crippen LogP contribution is -2.63. The van der Waals surface area contributed by atoms with Crippen molar-refractivity contribution in [2.24, 2.45) is 0 Å². The summed E-state index contributed by atoms with van der Waals surface area (Å²) >= 11 is 0. The lowest BCUT2D eigenvalue weighted by atomic mass is 9.77. The summed E-state index contributed by atoms with van der Waals surface area (Å²) in [6.45, 7) is 8.32. The number of pyridine rings is 1. The Morgan fingerprint density at radius 3 is 2.46 bits per heavy atom.